The van der Waals surface area contributed by atoms with Crippen LogP contribution in [0.4, 0.5) is 0 Å². The number of para-hydroxylation sites is 5. The summed E-state index contributed by atoms with van der Waals surface area (Å²) in [6, 6.07) is 78.8. The lowest BCUT2D eigenvalue weighted by atomic mass is 9.75. The van der Waals surface area contributed by atoms with E-state index in [2.05, 4.69) is 185 Å². The molecule has 0 saturated heterocycles. The fourth-order valence-electron chi connectivity index (χ4n) is 11.6. The van der Waals surface area contributed by atoms with E-state index in [-0.39, 0.29) is 0 Å². The Hall–Kier alpha value is -8.58. The van der Waals surface area contributed by atoms with Gasteiger partial charge in [0.05, 0.1) is 27.8 Å². The first-order valence-electron chi connectivity index (χ1n) is 25.0. The molecule has 4 heterocycles. The van der Waals surface area contributed by atoms with E-state index in [4.69, 9.17) is 14.7 Å². The fourth-order valence-corrected chi connectivity index (χ4v) is 16.5. The quantitative estimate of drug-likeness (QED) is 0.128. The summed E-state index contributed by atoms with van der Waals surface area (Å²) in [6.45, 7) is -0.621. The summed E-state index contributed by atoms with van der Waals surface area (Å²) < 4.78 is 40.5. The molecule has 0 bridgehead atoms. The van der Waals surface area contributed by atoms with Gasteiger partial charge >= 0.3 is 0 Å². The van der Waals surface area contributed by atoms with Gasteiger partial charge in [0.1, 0.15) is 11.5 Å². The van der Waals surface area contributed by atoms with E-state index in [1.54, 1.807) is 0 Å². The maximum atomic E-state index is 9.57. The van der Waals surface area contributed by atoms with E-state index in [0.717, 1.165) is 98.9 Å². The van der Waals surface area contributed by atoms with Crippen LogP contribution in [0.1, 0.15) is 29.0 Å². The van der Waals surface area contributed by atoms with Crippen molar-refractivity contribution in [3.8, 4) is 61.8 Å². The Kier molecular flexibility index (Phi) is 7.92. The standard InChI is InChI=1S/C63H44N4OSi/c1-63(2)52-29-13-18-34-58(52)68-61-53(63)38-41(66-56-32-16-17-33-57(56)67-55-31-15-14-30-54(55)65-62(66)67)39-59(61)69(42-20-5-3-6-21-42,43-22-7-4-8-23-43)44-35-36-48-46-25-11-12-27-49(46)60-50(28-19-37-64-60)45-24-9-10-26-47(45)51(48)40-44/h3-40H,1-2H3/i1D3. The maximum absolute atomic E-state index is 9.57. The molecule has 14 rings (SSSR count). The van der Waals surface area contributed by atoms with Gasteiger partial charge in [-0.2, -0.15) is 0 Å². The Morgan fingerprint density at radius 1 is 0.493 bits per heavy atom. The van der Waals surface area contributed by atoms with Crippen LogP contribution in [0.2, 0.25) is 0 Å². The molecular weight excluding hydrogens is 857 g/mol. The van der Waals surface area contributed by atoms with E-state index in [0.29, 0.717) is 22.6 Å². The van der Waals surface area contributed by atoms with Gasteiger partial charge < -0.3 is 4.74 Å². The second-order valence-corrected chi connectivity index (χ2v) is 22.2. The zero-order chi connectivity index (χ0) is 48.3. The van der Waals surface area contributed by atoms with Crippen molar-refractivity contribution in [2.45, 2.75) is 19.2 Å². The van der Waals surface area contributed by atoms with Crippen molar-refractivity contribution in [3.63, 3.8) is 0 Å². The normalized spacial score (nSPS) is 15.5. The molecule has 0 saturated carbocycles. The number of benzene rings is 9. The number of rotatable bonds is 5. The second kappa shape index (κ2) is 15.0. The Morgan fingerprint density at radius 2 is 1.09 bits per heavy atom. The highest BCUT2D eigenvalue weighted by atomic mass is 28.3. The van der Waals surface area contributed by atoms with Crippen molar-refractivity contribution >= 4 is 56.7 Å². The number of fused-ring (bicyclic) bond motifs is 15. The molecule has 1 atom stereocenters. The average Bonchev–Trinajstić information content (AvgIpc) is 3.96. The van der Waals surface area contributed by atoms with Crippen LogP contribution in [0, 0.1) is 0 Å². The van der Waals surface area contributed by atoms with Gasteiger partial charge in [0.15, 0.2) is 8.07 Å². The van der Waals surface area contributed by atoms with Gasteiger partial charge in [-0.25, -0.2) is 4.98 Å². The van der Waals surface area contributed by atoms with E-state index < -0.39 is 20.3 Å². The van der Waals surface area contributed by atoms with Crippen LogP contribution >= 0.6 is 0 Å². The Labute approximate surface area is 405 Å². The highest BCUT2D eigenvalue weighted by Crippen LogP contribution is 2.50. The van der Waals surface area contributed by atoms with Gasteiger partial charge in [-0.05, 0) is 97.1 Å². The third kappa shape index (κ3) is 5.64. The van der Waals surface area contributed by atoms with Crippen molar-refractivity contribution < 1.29 is 8.85 Å². The number of hydrogen-bond donors (Lipinski definition) is 0. The van der Waals surface area contributed by atoms with Crippen molar-refractivity contribution in [2.75, 3.05) is 0 Å². The summed E-state index contributed by atoms with van der Waals surface area (Å²) in [4.78, 5) is 10.4. The molecular formula is C63H44N4OSi. The molecule has 0 N–H and O–H groups in total. The van der Waals surface area contributed by atoms with Crippen LogP contribution in [0.15, 0.2) is 231 Å². The summed E-state index contributed by atoms with van der Waals surface area (Å²) >= 11 is 0. The lowest BCUT2D eigenvalue weighted by Crippen LogP contribution is -2.75. The van der Waals surface area contributed by atoms with Gasteiger partial charge in [0.2, 0.25) is 5.78 Å². The van der Waals surface area contributed by atoms with Gasteiger partial charge in [-0.3, -0.25) is 14.0 Å². The van der Waals surface area contributed by atoms with Gasteiger partial charge in [-0.1, -0.05) is 190 Å². The van der Waals surface area contributed by atoms with E-state index in [9.17, 15) is 4.11 Å². The molecule has 0 spiro atoms. The topological polar surface area (TPSA) is 44.4 Å². The van der Waals surface area contributed by atoms with Crippen LogP contribution in [0.25, 0.3) is 78.2 Å². The summed E-state index contributed by atoms with van der Waals surface area (Å²) in [5.41, 5.74) is 12.9. The Bertz CT molecular complexity index is 4120. The first kappa shape index (κ1) is 36.5. The molecule has 0 amide bonds. The predicted molar refractivity (Wildman–Crippen MR) is 285 cm³/mol. The molecule has 69 heavy (non-hydrogen) atoms. The van der Waals surface area contributed by atoms with Crippen LogP contribution < -0.4 is 25.5 Å². The number of hydrogen-bond acceptors (Lipinski definition) is 3. The van der Waals surface area contributed by atoms with E-state index in [1.165, 1.54) is 0 Å². The van der Waals surface area contributed by atoms with E-state index >= 15 is 0 Å². The number of aromatic nitrogens is 4. The molecule has 6 heteroatoms. The number of nitrogens with zero attached hydrogens (tertiary/aromatic N) is 4. The summed E-state index contributed by atoms with van der Waals surface area (Å²) in [6.07, 6.45) is 1.88. The first-order valence-corrected chi connectivity index (χ1v) is 25.5. The molecule has 9 aromatic carbocycles. The predicted octanol–water partition coefficient (Wildman–Crippen LogP) is 12.6. The van der Waals surface area contributed by atoms with Crippen molar-refractivity contribution in [1.29, 1.82) is 0 Å². The van der Waals surface area contributed by atoms with Crippen LogP contribution in [0.5, 0.6) is 11.5 Å². The van der Waals surface area contributed by atoms with Crippen LogP contribution in [0.3, 0.4) is 0 Å². The first-order chi connectivity index (χ1) is 35.2. The molecule has 1 unspecified atom stereocenters. The van der Waals surface area contributed by atoms with Gasteiger partial charge in [0, 0.05) is 43.7 Å². The van der Waals surface area contributed by atoms with Crippen LogP contribution in [-0.2, 0) is 5.41 Å². The minimum Gasteiger partial charge on any atom is -0.457 e. The molecule has 5 nitrogen and oxygen atoms in total. The smallest absolute Gasteiger partial charge is 0.220 e. The number of ether oxygens (including phenoxy) is 1. The molecule has 3 aromatic heterocycles. The highest BCUT2D eigenvalue weighted by molar-refractivity contribution is 7.20. The molecule has 2 aliphatic rings. The van der Waals surface area contributed by atoms with Gasteiger partial charge in [-0.15, -0.1) is 0 Å². The largest absolute Gasteiger partial charge is 0.457 e. The number of pyridine rings is 1. The minimum atomic E-state index is -3.67. The third-order valence-corrected chi connectivity index (χ3v) is 19.4. The average molecular weight is 904 g/mol. The second-order valence-electron chi connectivity index (χ2n) is 18.4. The zero-order valence-corrected chi connectivity index (χ0v) is 38.6. The minimum absolute atomic E-state index is 0.533. The van der Waals surface area contributed by atoms with E-state index in [1.807, 2.05) is 61.7 Å². The third-order valence-electron chi connectivity index (χ3n) is 14.7. The summed E-state index contributed by atoms with van der Waals surface area (Å²) in [7, 11) is -3.67. The van der Waals surface area contributed by atoms with Crippen molar-refractivity contribution in [1.82, 2.24) is 18.9 Å². The lowest BCUT2D eigenvalue weighted by molar-refractivity contribution is 0.421. The Balaban J connectivity index is 1.17. The summed E-state index contributed by atoms with van der Waals surface area (Å²) in [5.74, 6) is 1.83. The monoisotopic (exact) mass is 903 g/mol. The zero-order valence-electron chi connectivity index (χ0n) is 40.6. The molecule has 1 aliphatic carbocycles. The molecule has 0 radical (unpaired) electrons. The SMILES string of the molecule is [2H]C([2H])([2H])C1(C)c2ccccc2Oc2c1cc(-n1c3ccccc3n3c4ccccc4nc13)cc2[Si](c1ccccc1)(c1ccccc1)c1ccc2c(c1)-c1ccccc1-c1cccnc1-c1ccccc1-2. The lowest BCUT2D eigenvalue weighted by Gasteiger charge is -2.41. The molecule has 1 aliphatic heterocycles. The molecule has 12 aromatic rings. The summed E-state index contributed by atoms with van der Waals surface area (Å²) in [5, 5.41) is 4.29. The van der Waals surface area contributed by atoms with Gasteiger partial charge in [0.25, 0.3) is 0 Å². The van der Waals surface area contributed by atoms with Crippen LogP contribution in [-0.4, -0.2) is 27.0 Å². The maximum Gasteiger partial charge on any atom is 0.220 e. The molecule has 326 valence electrons. The van der Waals surface area contributed by atoms with Crippen molar-refractivity contribution in [2.24, 2.45) is 0 Å². The van der Waals surface area contributed by atoms with Crippen molar-refractivity contribution in [3.05, 3.63) is 242 Å². The highest BCUT2D eigenvalue weighted by Gasteiger charge is 2.48. The fraction of sp³-hybridized carbons (Fsp3) is 0.0476. The number of imidazole rings is 2. The Morgan fingerprint density at radius 3 is 1.84 bits per heavy atom. The molecule has 0 fully saturated rings.